The van der Waals surface area contributed by atoms with E-state index in [1.165, 1.54) is 16.6 Å². The third-order valence-corrected chi connectivity index (χ3v) is 4.33. The van der Waals surface area contributed by atoms with Gasteiger partial charge in [-0.1, -0.05) is 18.2 Å². The number of hydrogen-bond acceptors (Lipinski definition) is 4. The predicted octanol–water partition coefficient (Wildman–Crippen LogP) is 2.17. The number of nitrogens with one attached hydrogen (secondary N) is 1. The van der Waals surface area contributed by atoms with Crippen molar-refractivity contribution < 1.29 is 0 Å². The van der Waals surface area contributed by atoms with Crippen molar-refractivity contribution in [1.82, 2.24) is 25.0 Å². The minimum atomic E-state index is 0.858. The summed E-state index contributed by atoms with van der Waals surface area (Å²) in [6, 6.07) is 12.6. The van der Waals surface area contributed by atoms with Crippen molar-refractivity contribution in [3.05, 3.63) is 59.5 Å². The van der Waals surface area contributed by atoms with Crippen LogP contribution >= 0.6 is 0 Å². The number of para-hydroxylation sites is 1. The molecule has 4 rings (SSSR count). The molecule has 5 heteroatoms. The van der Waals surface area contributed by atoms with Crippen LogP contribution in [0.4, 0.5) is 0 Å². The summed E-state index contributed by atoms with van der Waals surface area (Å²) in [5.41, 5.74) is 4.80. The molecule has 1 aliphatic rings. The zero-order valence-corrected chi connectivity index (χ0v) is 13.4. The molecule has 1 aliphatic heterocycles. The fourth-order valence-electron chi connectivity index (χ4n) is 3.25. The highest BCUT2D eigenvalue weighted by Gasteiger charge is 2.13. The van der Waals surface area contributed by atoms with Crippen LogP contribution in [0.15, 0.2) is 42.6 Å². The molecule has 0 fully saturated rings. The maximum Gasteiger partial charge on any atom is 0.0768 e. The van der Waals surface area contributed by atoms with Crippen LogP contribution in [0.3, 0.4) is 0 Å². The minimum Gasteiger partial charge on any atom is -0.309 e. The van der Waals surface area contributed by atoms with Gasteiger partial charge in [-0.3, -0.25) is 14.6 Å². The predicted molar refractivity (Wildman–Crippen MR) is 90.8 cm³/mol. The van der Waals surface area contributed by atoms with E-state index in [1.54, 1.807) is 0 Å². The van der Waals surface area contributed by atoms with Crippen LogP contribution in [0.25, 0.3) is 10.9 Å². The Bertz CT molecular complexity index is 794. The molecule has 0 spiro atoms. The smallest absolute Gasteiger partial charge is 0.0768 e. The molecule has 0 unspecified atom stereocenters. The van der Waals surface area contributed by atoms with E-state index in [1.807, 2.05) is 12.3 Å². The van der Waals surface area contributed by atoms with Crippen molar-refractivity contribution in [3.63, 3.8) is 0 Å². The standard InChI is InChI=1S/C18H21N5/c1-22(13-15-10-16-11-19-8-9-23(16)21-15)12-14-6-7-20-18-5-3-2-4-17(14)18/h2-7,10,19H,8-9,11-13H2,1H3. The lowest BCUT2D eigenvalue weighted by molar-refractivity contribution is 0.314. The van der Waals surface area contributed by atoms with Gasteiger partial charge in [0.05, 0.1) is 23.4 Å². The van der Waals surface area contributed by atoms with Gasteiger partial charge in [-0.05, 0) is 30.8 Å². The first kappa shape index (κ1) is 14.4. The van der Waals surface area contributed by atoms with Crippen molar-refractivity contribution in [2.24, 2.45) is 0 Å². The van der Waals surface area contributed by atoms with Crippen molar-refractivity contribution >= 4 is 10.9 Å². The van der Waals surface area contributed by atoms with Gasteiger partial charge in [0, 0.05) is 37.8 Å². The molecule has 0 saturated carbocycles. The van der Waals surface area contributed by atoms with Crippen molar-refractivity contribution in [2.75, 3.05) is 13.6 Å². The van der Waals surface area contributed by atoms with Crippen LogP contribution in [-0.4, -0.2) is 33.3 Å². The SMILES string of the molecule is CN(Cc1cc2n(n1)CCNC2)Cc1ccnc2ccccc12. The zero-order valence-electron chi connectivity index (χ0n) is 13.4. The van der Waals surface area contributed by atoms with Gasteiger partial charge in [-0.15, -0.1) is 0 Å². The second kappa shape index (κ2) is 6.10. The second-order valence-corrected chi connectivity index (χ2v) is 6.19. The largest absolute Gasteiger partial charge is 0.309 e. The maximum atomic E-state index is 4.72. The van der Waals surface area contributed by atoms with Crippen LogP contribution in [0.1, 0.15) is 17.0 Å². The molecule has 3 aromatic rings. The van der Waals surface area contributed by atoms with Gasteiger partial charge >= 0.3 is 0 Å². The number of nitrogens with zero attached hydrogens (tertiary/aromatic N) is 4. The highest BCUT2D eigenvalue weighted by molar-refractivity contribution is 5.81. The molecule has 23 heavy (non-hydrogen) atoms. The Hall–Kier alpha value is -2.24. The molecule has 118 valence electrons. The third kappa shape index (κ3) is 2.98. The molecule has 0 atom stereocenters. The number of pyridine rings is 1. The average Bonchev–Trinajstić information content (AvgIpc) is 2.97. The molecule has 0 amide bonds. The quantitative estimate of drug-likeness (QED) is 0.802. The number of fused-ring (bicyclic) bond motifs is 2. The molecular formula is C18H21N5. The first-order chi connectivity index (χ1) is 11.3. The highest BCUT2D eigenvalue weighted by Crippen LogP contribution is 2.18. The first-order valence-corrected chi connectivity index (χ1v) is 8.07. The average molecular weight is 307 g/mol. The summed E-state index contributed by atoms with van der Waals surface area (Å²) >= 11 is 0. The summed E-state index contributed by atoms with van der Waals surface area (Å²) in [6.45, 7) is 4.65. The van der Waals surface area contributed by atoms with Gasteiger partial charge < -0.3 is 5.32 Å². The fourth-order valence-corrected chi connectivity index (χ4v) is 3.25. The van der Waals surface area contributed by atoms with Gasteiger partial charge in [-0.2, -0.15) is 5.10 Å². The van der Waals surface area contributed by atoms with Gasteiger partial charge in [0.1, 0.15) is 0 Å². The topological polar surface area (TPSA) is 46.0 Å². The summed E-state index contributed by atoms with van der Waals surface area (Å²) in [6.07, 6.45) is 1.90. The molecule has 0 bridgehead atoms. The Morgan fingerprint density at radius 3 is 3.04 bits per heavy atom. The van der Waals surface area contributed by atoms with Crippen LogP contribution in [0.2, 0.25) is 0 Å². The van der Waals surface area contributed by atoms with E-state index in [0.29, 0.717) is 0 Å². The third-order valence-electron chi connectivity index (χ3n) is 4.33. The minimum absolute atomic E-state index is 0.858. The molecule has 0 radical (unpaired) electrons. The molecule has 2 aromatic heterocycles. The van der Waals surface area contributed by atoms with Crippen molar-refractivity contribution in [1.29, 1.82) is 0 Å². The molecular weight excluding hydrogens is 286 g/mol. The Kier molecular flexibility index (Phi) is 3.81. The summed E-state index contributed by atoms with van der Waals surface area (Å²) in [7, 11) is 2.14. The summed E-state index contributed by atoms with van der Waals surface area (Å²) < 4.78 is 2.13. The van der Waals surface area contributed by atoms with E-state index in [2.05, 4.69) is 57.3 Å². The van der Waals surface area contributed by atoms with Gasteiger partial charge in [0.2, 0.25) is 0 Å². The summed E-state index contributed by atoms with van der Waals surface area (Å²) in [4.78, 5) is 6.75. The Balaban J connectivity index is 1.51. The van der Waals surface area contributed by atoms with Crippen LogP contribution in [-0.2, 0) is 26.2 Å². The normalized spacial score (nSPS) is 14.3. The summed E-state index contributed by atoms with van der Waals surface area (Å²) in [5, 5.41) is 9.34. The van der Waals surface area contributed by atoms with E-state index >= 15 is 0 Å². The van der Waals surface area contributed by atoms with Gasteiger partial charge in [0.25, 0.3) is 0 Å². The Labute approximate surface area is 135 Å². The monoisotopic (exact) mass is 307 g/mol. The number of benzene rings is 1. The molecule has 0 saturated heterocycles. The number of hydrogen-bond donors (Lipinski definition) is 1. The van der Waals surface area contributed by atoms with Gasteiger partial charge in [-0.25, -0.2) is 0 Å². The van der Waals surface area contributed by atoms with Crippen molar-refractivity contribution in [2.45, 2.75) is 26.2 Å². The van der Waals surface area contributed by atoms with E-state index < -0.39 is 0 Å². The van der Waals surface area contributed by atoms with Crippen LogP contribution in [0.5, 0.6) is 0 Å². The summed E-state index contributed by atoms with van der Waals surface area (Å²) in [5.74, 6) is 0. The van der Waals surface area contributed by atoms with Gasteiger partial charge in [0.15, 0.2) is 0 Å². The molecule has 5 nitrogen and oxygen atoms in total. The van der Waals surface area contributed by atoms with E-state index in [0.717, 1.165) is 43.9 Å². The number of aromatic nitrogens is 3. The van der Waals surface area contributed by atoms with Crippen LogP contribution in [0, 0.1) is 0 Å². The lowest BCUT2D eigenvalue weighted by Crippen LogP contribution is -2.28. The maximum absolute atomic E-state index is 4.72. The van der Waals surface area contributed by atoms with E-state index in [9.17, 15) is 0 Å². The van der Waals surface area contributed by atoms with E-state index in [4.69, 9.17) is 5.10 Å². The molecule has 1 N–H and O–H groups in total. The Morgan fingerprint density at radius 1 is 1.22 bits per heavy atom. The lowest BCUT2D eigenvalue weighted by Gasteiger charge is -2.16. The molecule has 1 aromatic carbocycles. The molecule has 0 aliphatic carbocycles. The number of rotatable bonds is 4. The second-order valence-electron chi connectivity index (χ2n) is 6.19. The highest BCUT2D eigenvalue weighted by atomic mass is 15.3. The van der Waals surface area contributed by atoms with E-state index in [-0.39, 0.29) is 0 Å². The van der Waals surface area contributed by atoms with Crippen molar-refractivity contribution in [3.8, 4) is 0 Å². The zero-order chi connectivity index (χ0) is 15.6. The molecule has 3 heterocycles. The fraction of sp³-hybridized carbons (Fsp3) is 0.333. The van der Waals surface area contributed by atoms with Crippen LogP contribution < -0.4 is 5.32 Å². The lowest BCUT2D eigenvalue weighted by atomic mass is 10.1. The Morgan fingerprint density at radius 2 is 2.13 bits per heavy atom. The first-order valence-electron chi connectivity index (χ1n) is 8.07.